The molecule has 1 amide bonds. The molecule has 2 saturated carbocycles. The predicted molar refractivity (Wildman–Crippen MR) is 116 cm³/mol. The van der Waals surface area contributed by atoms with Gasteiger partial charge >= 0.3 is 0 Å². The van der Waals surface area contributed by atoms with Crippen molar-refractivity contribution in [1.82, 2.24) is 15.6 Å². The van der Waals surface area contributed by atoms with Crippen molar-refractivity contribution < 1.29 is 4.79 Å². The molecule has 0 spiro atoms. The highest BCUT2D eigenvalue weighted by Crippen LogP contribution is 2.28. The van der Waals surface area contributed by atoms with Crippen LogP contribution in [0.1, 0.15) is 56.4 Å². The maximum atomic E-state index is 12.9. The van der Waals surface area contributed by atoms with Gasteiger partial charge in [-0.05, 0) is 43.4 Å². The van der Waals surface area contributed by atoms with Gasteiger partial charge in [0.1, 0.15) is 0 Å². The van der Waals surface area contributed by atoms with Gasteiger partial charge in [-0.1, -0.05) is 43.7 Å². The van der Waals surface area contributed by atoms with Gasteiger partial charge in [0, 0.05) is 17.5 Å². The lowest BCUT2D eigenvalue weighted by molar-refractivity contribution is -0.124. The van der Waals surface area contributed by atoms with E-state index in [9.17, 15) is 4.79 Å². The van der Waals surface area contributed by atoms with Gasteiger partial charge in [0.05, 0.1) is 27.4 Å². The summed E-state index contributed by atoms with van der Waals surface area (Å²) >= 11 is 7.69. The second-order valence-corrected chi connectivity index (χ2v) is 9.82. The molecule has 7 heteroatoms. The lowest BCUT2D eigenvalue weighted by Gasteiger charge is -2.26. The number of nitrogens with one attached hydrogen (secondary N) is 2. The second kappa shape index (κ2) is 9.08. The summed E-state index contributed by atoms with van der Waals surface area (Å²) in [6, 6.07) is 5.86. The Labute approximate surface area is 175 Å². The van der Waals surface area contributed by atoms with Gasteiger partial charge in [-0.25, -0.2) is 4.98 Å². The first-order valence-electron chi connectivity index (χ1n) is 10.4. The molecule has 4 N–H and O–H groups in total. The lowest BCUT2D eigenvalue weighted by Crippen LogP contribution is -2.52. The van der Waals surface area contributed by atoms with Crippen molar-refractivity contribution in [3.05, 3.63) is 28.2 Å². The van der Waals surface area contributed by atoms with Crippen molar-refractivity contribution in [1.29, 1.82) is 0 Å². The van der Waals surface area contributed by atoms with Crippen molar-refractivity contribution in [2.75, 3.05) is 0 Å². The van der Waals surface area contributed by atoms with Crippen LogP contribution in [0.3, 0.4) is 0 Å². The standard InChI is InChI=1S/C21H29ClN4OS/c22-14-6-9-16-18(11-14)28-20(25-16)12-17(24-15-7-8-15)21(27)26-19(23)10-13-4-2-1-3-5-13/h6,9,11,13,15,17,19,24H,1-5,7-8,10,12,23H2,(H,26,27)/t17-,19-/m0/s1. The van der Waals surface area contributed by atoms with Gasteiger partial charge in [-0.3, -0.25) is 4.79 Å². The molecular weight excluding hydrogens is 392 g/mol. The van der Waals surface area contributed by atoms with Crippen LogP contribution in [0, 0.1) is 5.92 Å². The molecule has 2 aliphatic carbocycles. The zero-order chi connectivity index (χ0) is 19.5. The highest BCUT2D eigenvalue weighted by Gasteiger charge is 2.30. The zero-order valence-electron chi connectivity index (χ0n) is 16.1. The fourth-order valence-electron chi connectivity index (χ4n) is 4.09. The Morgan fingerprint density at radius 1 is 1.25 bits per heavy atom. The molecule has 0 aliphatic heterocycles. The summed E-state index contributed by atoms with van der Waals surface area (Å²) in [6.07, 6.45) is 9.84. The number of halogens is 1. The van der Waals surface area contributed by atoms with Crippen LogP contribution in [0.15, 0.2) is 18.2 Å². The number of hydrogen-bond acceptors (Lipinski definition) is 5. The number of thiazole rings is 1. The summed E-state index contributed by atoms with van der Waals surface area (Å²) in [5.74, 6) is 0.639. The second-order valence-electron chi connectivity index (χ2n) is 8.27. The minimum Gasteiger partial charge on any atom is -0.340 e. The Kier molecular flexibility index (Phi) is 6.51. The Hall–Kier alpha value is -1.21. The first kappa shape index (κ1) is 20.1. The molecule has 0 unspecified atom stereocenters. The first-order chi connectivity index (χ1) is 13.6. The maximum absolute atomic E-state index is 12.9. The molecule has 0 bridgehead atoms. The molecule has 1 aromatic heterocycles. The van der Waals surface area contributed by atoms with Crippen LogP contribution in [-0.2, 0) is 11.2 Å². The number of benzene rings is 1. The molecular formula is C21H29ClN4OS. The summed E-state index contributed by atoms with van der Waals surface area (Å²) in [4.78, 5) is 17.6. The highest BCUT2D eigenvalue weighted by atomic mass is 35.5. The number of rotatable bonds is 8. The largest absolute Gasteiger partial charge is 0.340 e. The smallest absolute Gasteiger partial charge is 0.238 e. The normalized spacial score (nSPS) is 20.2. The minimum absolute atomic E-state index is 0.00695. The van der Waals surface area contributed by atoms with Crippen molar-refractivity contribution in [3.8, 4) is 0 Å². The number of carbonyl (C=O) groups is 1. The number of aromatic nitrogens is 1. The summed E-state index contributed by atoms with van der Waals surface area (Å²) in [6.45, 7) is 0. The Morgan fingerprint density at radius 2 is 2.04 bits per heavy atom. The molecule has 28 heavy (non-hydrogen) atoms. The van der Waals surface area contributed by atoms with Crippen LogP contribution >= 0.6 is 22.9 Å². The average molecular weight is 421 g/mol. The molecule has 2 aliphatic rings. The van der Waals surface area contributed by atoms with Crippen LogP contribution in [0.4, 0.5) is 0 Å². The van der Waals surface area contributed by atoms with Crippen molar-refractivity contribution >= 4 is 39.1 Å². The van der Waals surface area contributed by atoms with E-state index in [4.69, 9.17) is 17.3 Å². The summed E-state index contributed by atoms with van der Waals surface area (Å²) < 4.78 is 1.06. The third kappa shape index (κ3) is 5.44. The molecule has 0 radical (unpaired) electrons. The summed E-state index contributed by atoms with van der Waals surface area (Å²) in [5.41, 5.74) is 7.21. The van der Waals surface area contributed by atoms with Gasteiger partial charge in [0.15, 0.2) is 0 Å². The lowest BCUT2D eigenvalue weighted by atomic mass is 9.86. The van der Waals surface area contributed by atoms with Gasteiger partial charge in [0.2, 0.25) is 5.91 Å². The highest BCUT2D eigenvalue weighted by molar-refractivity contribution is 7.18. The van der Waals surface area contributed by atoms with Crippen LogP contribution in [-0.4, -0.2) is 29.1 Å². The van der Waals surface area contributed by atoms with E-state index in [0.29, 0.717) is 23.4 Å². The van der Waals surface area contributed by atoms with E-state index in [0.717, 1.165) is 34.5 Å². The molecule has 0 saturated heterocycles. The number of amides is 1. The Morgan fingerprint density at radius 3 is 2.79 bits per heavy atom. The quantitative estimate of drug-likeness (QED) is 0.564. The number of hydrogen-bond donors (Lipinski definition) is 3. The first-order valence-corrected chi connectivity index (χ1v) is 11.6. The number of carbonyl (C=O) groups excluding carboxylic acids is 1. The van der Waals surface area contributed by atoms with E-state index in [1.165, 1.54) is 32.1 Å². The van der Waals surface area contributed by atoms with E-state index in [-0.39, 0.29) is 18.1 Å². The molecule has 2 aromatic rings. The Bertz CT molecular complexity index is 816. The zero-order valence-corrected chi connectivity index (χ0v) is 17.7. The van der Waals surface area contributed by atoms with Crippen molar-refractivity contribution in [2.45, 2.75) is 76.0 Å². The molecule has 152 valence electrons. The van der Waals surface area contributed by atoms with Gasteiger partial charge in [0.25, 0.3) is 0 Å². The number of nitrogens with two attached hydrogens (primary N) is 1. The monoisotopic (exact) mass is 420 g/mol. The summed E-state index contributed by atoms with van der Waals surface area (Å²) in [5, 5.41) is 8.19. The van der Waals surface area contributed by atoms with Crippen LogP contribution in [0.25, 0.3) is 10.2 Å². The fourth-order valence-corrected chi connectivity index (χ4v) is 5.38. The van der Waals surface area contributed by atoms with Crippen molar-refractivity contribution in [2.24, 2.45) is 11.7 Å². The van der Waals surface area contributed by atoms with Gasteiger partial charge in [-0.2, -0.15) is 0 Å². The van der Waals surface area contributed by atoms with Crippen LogP contribution in [0.5, 0.6) is 0 Å². The van der Waals surface area contributed by atoms with Gasteiger partial charge in [-0.15, -0.1) is 11.3 Å². The molecule has 2 fully saturated rings. The summed E-state index contributed by atoms with van der Waals surface area (Å²) in [7, 11) is 0. The third-order valence-electron chi connectivity index (χ3n) is 5.74. The predicted octanol–water partition coefficient (Wildman–Crippen LogP) is 3.98. The third-order valence-corrected chi connectivity index (χ3v) is 7.02. The molecule has 4 rings (SSSR count). The molecule has 2 atom stereocenters. The van der Waals surface area contributed by atoms with E-state index in [1.54, 1.807) is 11.3 Å². The molecule has 1 heterocycles. The molecule has 1 aromatic carbocycles. The SMILES string of the molecule is N[C@H](CC1CCCCC1)NC(=O)[C@H](Cc1nc2ccc(Cl)cc2s1)NC1CC1. The van der Waals surface area contributed by atoms with Crippen molar-refractivity contribution in [3.63, 3.8) is 0 Å². The van der Waals surface area contributed by atoms with Crippen LogP contribution < -0.4 is 16.4 Å². The molecule has 5 nitrogen and oxygen atoms in total. The maximum Gasteiger partial charge on any atom is 0.238 e. The van der Waals surface area contributed by atoms with E-state index >= 15 is 0 Å². The fraction of sp³-hybridized carbons (Fsp3) is 0.619. The number of nitrogens with zero attached hydrogens (tertiary/aromatic N) is 1. The van der Waals surface area contributed by atoms with E-state index < -0.39 is 0 Å². The average Bonchev–Trinajstić information content (AvgIpc) is 3.39. The minimum atomic E-state index is -0.291. The topological polar surface area (TPSA) is 80.0 Å². The van der Waals surface area contributed by atoms with E-state index in [1.807, 2.05) is 18.2 Å². The number of fused-ring (bicyclic) bond motifs is 1. The Balaban J connectivity index is 1.38. The van der Waals surface area contributed by atoms with Gasteiger partial charge < -0.3 is 16.4 Å². The van der Waals surface area contributed by atoms with E-state index in [2.05, 4.69) is 15.6 Å². The van der Waals surface area contributed by atoms with Crippen LogP contribution in [0.2, 0.25) is 5.02 Å².